The molecule has 0 fully saturated rings. The van der Waals surface area contributed by atoms with Gasteiger partial charge in [-0.2, -0.15) is 0 Å². The molecule has 1 nitrogen and oxygen atoms in total. The van der Waals surface area contributed by atoms with E-state index in [4.69, 9.17) is 0 Å². The molecule has 0 aliphatic carbocycles. The molecule has 0 aromatic heterocycles. The van der Waals surface area contributed by atoms with E-state index in [1.807, 2.05) is 19.2 Å². The molecule has 0 aliphatic rings. The van der Waals surface area contributed by atoms with Gasteiger partial charge in [0.05, 0.1) is 0 Å². The van der Waals surface area contributed by atoms with Crippen molar-refractivity contribution in [2.75, 3.05) is 7.05 Å². The summed E-state index contributed by atoms with van der Waals surface area (Å²) in [7, 11) is 1.86. The molecule has 2 rings (SSSR count). The monoisotopic (exact) mass is 247 g/mol. The first-order valence-corrected chi connectivity index (χ1v) is 5.82. The van der Waals surface area contributed by atoms with Crippen molar-refractivity contribution in [1.29, 1.82) is 0 Å². The summed E-state index contributed by atoms with van der Waals surface area (Å²) in [5.74, 6) is -1.55. The molecule has 0 atom stereocenters. The van der Waals surface area contributed by atoms with Gasteiger partial charge in [-0.25, -0.2) is 8.78 Å². The van der Waals surface area contributed by atoms with Crippen molar-refractivity contribution >= 4 is 0 Å². The lowest BCUT2D eigenvalue weighted by Crippen LogP contribution is -2.04. The summed E-state index contributed by atoms with van der Waals surface area (Å²) in [6.07, 6.45) is 0. The first kappa shape index (κ1) is 12.7. The number of halogens is 2. The number of hydrogen-bond acceptors (Lipinski definition) is 1. The highest BCUT2D eigenvalue weighted by molar-refractivity contribution is 5.65. The van der Waals surface area contributed by atoms with E-state index in [2.05, 4.69) is 5.32 Å². The predicted molar refractivity (Wildman–Crippen MR) is 69.3 cm³/mol. The summed E-state index contributed by atoms with van der Waals surface area (Å²) in [6.45, 7) is 2.31. The smallest absolute Gasteiger partial charge is 0.166 e. The van der Waals surface area contributed by atoms with Crippen LogP contribution in [0.1, 0.15) is 11.1 Å². The van der Waals surface area contributed by atoms with E-state index < -0.39 is 11.6 Å². The molecule has 94 valence electrons. The maximum Gasteiger partial charge on any atom is 0.166 e. The maximum atomic E-state index is 13.8. The van der Waals surface area contributed by atoms with E-state index >= 15 is 0 Å². The fourth-order valence-corrected chi connectivity index (χ4v) is 1.88. The van der Waals surface area contributed by atoms with Gasteiger partial charge < -0.3 is 5.32 Å². The van der Waals surface area contributed by atoms with Crippen molar-refractivity contribution in [1.82, 2.24) is 5.32 Å². The molecule has 0 unspecified atom stereocenters. The maximum absolute atomic E-state index is 13.8. The molecule has 0 radical (unpaired) electrons. The largest absolute Gasteiger partial charge is 0.316 e. The van der Waals surface area contributed by atoms with E-state index in [-0.39, 0.29) is 0 Å². The average molecular weight is 247 g/mol. The van der Waals surface area contributed by atoms with Crippen LogP contribution in [0.2, 0.25) is 0 Å². The van der Waals surface area contributed by atoms with Gasteiger partial charge in [0.15, 0.2) is 11.6 Å². The van der Waals surface area contributed by atoms with Crippen LogP contribution < -0.4 is 5.32 Å². The average Bonchev–Trinajstić information content (AvgIpc) is 2.38. The molecule has 2 aromatic rings. The molecule has 3 heteroatoms. The van der Waals surface area contributed by atoms with Crippen molar-refractivity contribution < 1.29 is 8.78 Å². The minimum atomic E-state index is -0.781. The summed E-state index contributed by atoms with van der Waals surface area (Å²) in [4.78, 5) is 0. The lowest BCUT2D eigenvalue weighted by atomic mass is 10.0. The normalized spacial score (nSPS) is 10.7. The number of hydrogen-bond donors (Lipinski definition) is 1. The van der Waals surface area contributed by atoms with Gasteiger partial charge in [0, 0.05) is 12.1 Å². The molecular weight excluding hydrogens is 232 g/mol. The summed E-state index contributed by atoms with van der Waals surface area (Å²) in [5.41, 5.74) is 2.41. The molecule has 1 N–H and O–H groups in total. The molecule has 18 heavy (non-hydrogen) atoms. The Morgan fingerprint density at radius 2 is 1.61 bits per heavy atom. The van der Waals surface area contributed by atoms with Crippen molar-refractivity contribution in [3.05, 3.63) is 59.2 Å². The molecule has 0 saturated heterocycles. The quantitative estimate of drug-likeness (QED) is 0.872. The number of nitrogens with one attached hydrogen (secondary N) is 1. The van der Waals surface area contributed by atoms with Crippen LogP contribution in [0.15, 0.2) is 36.4 Å². The Labute approximate surface area is 105 Å². The van der Waals surface area contributed by atoms with E-state index in [1.165, 1.54) is 0 Å². The minimum Gasteiger partial charge on any atom is -0.316 e. The first-order valence-electron chi connectivity index (χ1n) is 5.82. The third-order valence-electron chi connectivity index (χ3n) is 2.92. The van der Waals surface area contributed by atoms with E-state index in [9.17, 15) is 8.78 Å². The van der Waals surface area contributed by atoms with Gasteiger partial charge in [-0.05, 0) is 30.7 Å². The van der Waals surface area contributed by atoms with Gasteiger partial charge in [-0.1, -0.05) is 36.4 Å². The summed E-state index contributed by atoms with van der Waals surface area (Å²) in [6, 6.07) is 10.6. The van der Waals surface area contributed by atoms with Gasteiger partial charge in [-0.3, -0.25) is 0 Å². The summed E-state index contributed by atoms with van der Waals surface area (Å²) >= 11 is 0. The number of aryl methyl sites for hydroxylation is 1. The third kappa shape index (κ3) is 2.41. The zero-order chi connectivity index (χ0) is 13.1. The lowest BCUT2D eigenvalue weighted by molar-refractivity contribution is 0.505. The van der Waals surface area contributed by atoms with Gasteiger partial charge >= 0.3 is 0 Å². The standard InChI is InChI=1S/C15H15F2N/c1-10-3-8-13(15(17)14(10)16)12-6-4-11(5-7-12)9-18-2/h3-8,18H,9H2,1-2H3. The summed E-state index contributed by atoms with van der Waals surface area (Å²) < 4.78 is 27.3. The third-order valence-corrected chi connectivity index (χ3v) is 2.92. The topological polar surface area (TPSA) is 12.0 Å². The Morgan fingerprint density at radius 3 is 2.22 bits per heavy atom. The van der Waals surface area contributed by atoms with Crippen LogP contribution in [0, 0.1) is 18.6 Å². The number of rotatable bonds is 3. The lowest BCUT2D eigenvalue weighted by Gasteiger charge is -2.07. The van der Waals surface area contributed by atoms with Crippen LogP contribution in [0.25, 0.3) is 11.1 Å². The van der Waals surface area contributed by atoms with Crippen molar-refractivity contribution in [2.45, 2.75) is 13.5 Å². The molecule has 0 aliphatic heterocycles. The highest BCUT2D eigenvalue weighted by atomic mass is 19.2. The molecule has 0 spiro atoms. The molecule has 0 amide bonds. The Kier molecular flexibility index (Phi) is 3.72. The second-order valence-corrected chi connectivity index (χ2v) is 4.29. The molecule has 0 saturated carbocycles. The Balaban J connectivity index is 2.40. The van der Waals surface area contributed by atoms with E-state index in [1.54, 1.807) is 31.2 Å². The molecular formula is C15H15F2N. The van der Waals surface area contributed by atoms with Crippen LogP contribution in [0.3, 0.4) is 0 Å². The van der Waals surface area contributed by atoms with Crippen LogP contribution >= 0.6 is 0 Å². The van der Waals surface area contributed by atoms with Crippen LogP contribution in [-0.4, -0.2) is 7.05 Å². The highest BCUT2D eigenvalue weighted by Gasteiger charge is 2.12. The van der Waals surface area contributed by atoms with Crippen molar-refractivity contribution in [2.24, 2.45) is 0 Å². The van der Waals surface area contributed by atoms with Gasteiger partial charge in [0.2, 0.25) is 0 Å². The first-order chi connectivity index (χ1) is 8.63. The van der Waals surface area contributed by atoms with Crippen molar-refractivity contribution in [3.63, 3.8) is 0 Å². The van der Waals surface area contributed by atoms with Crippen LogP contribution in [-0.2, 0) is 6.54 Å². The fourth-order valence-electron chi connectivity index (χ4n) is 1.88. The zero-order valence-corrected chi connectivity index (χ0v) is 10.4. The Hall–Kier alpha value is -1.74. The second-order valence-electron chi connectivity index (χ2n) is 4.29. The fraction of sp³-hybridized carbons (Fsp3) is 0.200. The van der Waals surface area contributed by atoms with E-state index in [0.29, 0.717) is 16.7 Å². The predicted octanol–water partition coefficient (Wildman–Crippen LogP) is 3.66. The van der Waals surface area contributed by atoms with Gasteiger partial charge in [-0.15, -0.1) is 0 Å². The SMILES string of the molecule is CNCc1ccc(-c2ccc(C)c(F)c2F)cc1. The number of benzene rings is 2. The minimum absolute atomic E-state index is 0.300. The molecule has 0 bridgehead atoms. The van der Waals surface area contributed by atoms with Gasteiger partial charge in [0.25, 0.3) is 0 Å². The van der Waals surface area contributed by atoms with Crippen molar-refractivity contribution in [3.8, 4) is 11.1 Å². The van der Waals surface area contributed by atoms with Gasteiger partial charge in [0.1, 0.15) is 0 Å². The second kappa shape index (κ2) is 5.27. The van der Waals surface area contributed by atoms with Crippen LogP contribution in [0.4, 0.5) is 8.78 Å². The highest BCUT2D eigenvalue weighted by Crippen LogP contribution is 2.26. The molecule has 2 aromatic carbocycles. The Bertz CT molecular complexity index is 547. The zero-order valence-electron chi connectivity index (χ0n) is 10.4. The van der Waals surface area contributed by atoms with E-state index in [0.717, 1.165) is 12.1 Å². The summed E-state index contributed by atoms with van der Waals surface area (Å²) in [5, 5.41) is 3.04. The molecule has 0 heterocycles. The van der Waals surface area contributed by atoms with Crippen LogP contribution in [0.5, 0.6) is 0 Å². The Morgan fingerprint density at radius 1 is 0.944 bits per heavy atom.